The third-order valence-corrected chi connectivity index (χ3v) is 5.89. The van der Waals surface area contributed by atoms with Crippen molar-refractivity contribution >= 4 is 39.9 Å². The van der Waals surface area contributed by atoms with Crippen LogP contribution < -0.4 is 10.1 Å². The topological polar surface area (TPSA) is 56.1 Å². The number of aryl methyl sites for hydroxylation is 1. The number of thiophene rings is 1. The minimum atomic E-state index is -0.0912. The summed E-state index contributed by atoms with van der Waals surface area (Å²) in [6.07, 6.45) is 0. The number of aromatic nitrogens is 2. The molecule has 0 aliphatic heterocycles. The molecule has 2 aromatic carbocycles. The molecule has 1 amide bonds. The number of benzene rings is 2. The lowest BCUT2D eigenvalue weighted by Crippen LogP contribution is -2.24. The summed E-state index contributed by atoms with van der Waals surface area (Å²) in [6.45, 7) is 3.40. The molecule has 0 atom stereocenters. The van der Waals surface area contributed by atoms with E-state index in [4.69, 9.17) is 21.3 Å². The lowest BCUT2D eigenvalue weighted by Gasteiger charge is -2.12. The summed E-state index contributed by atoms with van der Waals surface area (Å²) in [5.41, 5.74) is 2.90. The van der Waals surface area contributed by atoms with Crippen LogP contribution in [0.5, 0.6) is 5.75 Å². The highest BCUT2D eigenvalue weighted by Gasteiger charge is 2.13. The van der Waals surface area contributed by atoms with E-state index in [2.05, 4.69) is 9.88 Å². The molecule has 0 unspecified atom stereocenters. The van der Waals surface area contributed by atoms with Crippen LogP contribution in [0.2, 0.25) is 5.02 Å². The monoisotopic (exact) mass is 425 g/mol. The predicted molar refractivity (Wildman–Crippen MR) is 117 cm³/mol. The summed E-state index contributed by atoms with van der Waals surface area (Å²) in [5.74, 6) is 1.49. The lowest BCUT2D eigenvalue weighted by molar-refractivity contribution is 0.0953. The Morgan fingerprint density at radius 2 is 2.07 bits per heavy atom. The molecule has 2 aromatic heterocycles. The van der Waals surface area contributed by atoms with E-state index in [0.717, 1.165) is 33.2 Å². The highest BCUT2D eigenvalue weighted by Crippen LogP contribution is 2.21. The molecule has 0 saturated carbocycles. The summed E-state index contributed by atoms with van der Waals surface area (Å²) < 4.78 is 8.00. The van der Waals surface area contributed by atoms with Gasteiger partial charge >= 0.3 is 0 Å². The molecule has 0 spiro atoms. The van der Waals surface area contributed by atoms with Crippen molar-refractivity contribution in [3.05, 3.63) is 81.3 Å². The number of carbonyl (C=O) groups is 1. The second-order valence-corrected chi connectivity index (χ2v) is 7.94. The van der Waals surface area contributed by atoms with Crippen LogP contribution in [-0.2, 0) is 13.1 Å². The maximum Gasteiger partial charge on any atom is 0.261 e. The van der Waals surface area contributed by atoms with Crippen molar-refractivity contribution in [2.24, 2.45) is 0 Å². The number of fused-ring (bicyclic) bond motifs is 1. The Kier molecular flexibility index (Phi) is 5.83. The first-order valence-corrected chi connectivity index (χ1v) is 10.5. The summed E-state index contributed by atoms with van der Waals surface area (Å²) in [5, 5.41) is 5.57. The molecule has 29 heavy (non-hydrogen) atoms. The predicted octanol–water partition coefficient (Wildman–Crippen LogP) is 5.07. The molecular weight excluding hydrogens is 406 g/mol. The van der Waals surface area contributed by atoms with Crippen molar-refractivity contribution in [2.45, 2.75) is 20.0 Å². The van der Waals surface area contributed by atoms with Gasteiger partial charge < -0.3 is 14.6 Å². The molecule has 0 aliphatic carbocycles. The molecule has 0 radical (unpaired) electrons. The second-order valence-electron chi connectivity index (χ2n) is 6.59. The van der Waals surface area contributed by atoms with Crippen LogP contribution in [0.15, 0.2) is 60.0 Å². The number of nitrogens with zero attached hydrogens (tertiary/aromatic N) is 2. The Hall–Kier alpha value is -2.83. The number of rotatable bonds is 7. The zero-order valence-electron chi connectivity index (χ0n) is 15.9. The minimum absolute atomic E-state index is 0.0912. The Balaban J connectivity index is 1.48. The quantitative estimate of drug-likeness (QED) is 0.449. The Labute approximate surface area is 177 Å². The van der Waals surface area contributed by atoms with Gasteiger partial charge in [-0.25, -0.2) is 4.98 Å². The minimum Gasteiger partial charge on any atom is -0.492 e. The third-order valence-electron chi connectivity index (χ3n) is 4.60. The fraction of sp³-hybridized carbons (Fsp3) is 0.182. The zero-order valence-corrected chi connectivity index (χ0v) is 17.5. The van der Waals surface area contributed by atoms with Crippen LogP contribution in [0.1, 0.15) is 21.1 Å². The average molecular weight is 426 g/mol. The van der Waals surface area contributed by atoms with Gasteiger partial charge in [0.1, 0.15) is 18.2 Å². The van der Waals surface area contributed by atoms with Crippen molar-refractivity contribution < 1.29 is 9.53 Å². The van der Waals surface area contributed by atoms with E-state index in [1.165, 1.54) is 11.3 Å². The van der Waals surface area contributed by atoms with E-state index in [-0.39, 0.29) is 5.91 Å². The standard InChI is InChI=1S/C22H20ClN3O2S/c1-15-13-16(8-9-17(15)23)28-11-10-26-19-6-3-2-5-18(19)25-21(26)14-24-22(27)20-7-4-12-29-20/h2-9,12-13H,10-11,14H2,1H3,(H,24,27). The number of hydrogen-bond donors (Lipinski definition) is 1. The number of hydrogen-bond acceptors (Lipinski definition) is 4. The van der Waals surface area contributed by atoms with Crippen molar-refractivity contribution in [1.82, 2.24) is 14.9 Å². The molecule has 4 aromatic rings. The zero-order chi connectivity index (χ0) is 20.2. The average Bonchev–Trinajstić information content (AvgIpc) is 3.37. The highest BCUT2D eigenvalue weighted by atomic mass is 35.5. The summed E-state index contributed by atoms with van der Waals surface area (Å²) in [7, 11) is 0. The third kappa shape index (κ3) is 4.44. The number of para-hydroxylation sites is 2. The Morgan fingerprint density at radius 1 is 1.21 bits per heavy atom. The number of nitrogens with one attached hydrogen (secondary N) is 1. The number of imidazole rings is 1. The van der Waals surface area contributed by atoms with Gasteiger partial charge in [-0.15, -0.1) is 11.3 Å². The normalized spacial score (nSPS) is 11.0. The largest absolute Gasteiger partial charge is 0.492 e. The lowest BCUT2D eigenvalue weighted by atomic mass is 10.2. The van der Waals surface area contributed by atoms with Gasteiger partial charge in [0, 0.05) is 5.02 Å². The molecule has 1 N–H and O–H groups in total. The van der Waals surface area contributed by atoms with Crippen LogP contribution in [0.25, 0.3) is 11.0 Å². The van der Waals surface area contributed by atoms with Crippen LogP contribution in [0, 0.1) is 6.92 Å². The van der Waals surface area contributed by atoms with Gasteiger partial charge in [0.05, 0.1) is 29.0 Å². The SMILES string of the molecule is Cc1cc(OCCn2c(CNC(=O)c3cccs3)nc3ccccc32)ccc1Cl. The first-order valence-electron chi connectivity index (χ1n) is 9.26. The molecule has 4 rings (SSSR count). The fourth-order valence-corrected chi connectivity index (χ4v) is 3.88. The molecule has 0 aliphatic rings. The van der Waals surface area contributed by atoms with E-state index in [0.29, 0.717) is 24.6 Å². The number of amides is 1. The van der Waals surface area contributed by atoms with Gasteiger partial charge in [0.25, 0.3) is 5.91 Å². The first kappa shape index (κ1) is 19.5. The fourth-order valence-electron chi connectivity index (χ4n) is 3.13. The van der Waals surface area contributed by atoms with Crippen LogP contribution in [-0.4, -0.2) is 22.1 Å². The summed E-state index contributed by atoms with van der Waals surface area (Å²) in [4.78, 5) is 17.7. The number of halogens is 1. The highest BCUT2D eigenvalue weighted by molar-refractivity contribution is 7.12. The summed E-state index contributed by atoms with van der Waals surface area (Å²) in [6, 6.07) is 17.2. The number of carbonyl (C=O) groups excluding carboxylic acids is 1. The summed E-state index contributed by atoms with van der Waals surface area (Å²) >= 11 is 7.50. The van der Waals surface area contributed by atoms with Gasteiger partial charge in [0.15, 0.2) is 0 Å². The van der Waals surface area contributed by atoms with Crippen molar-refractivity contribution in [2.75, 3.05) is 6.61 Å². The van der Waals surface area contributed by atoms with E-state index in [1.807, 2.05) is 66.9 Å². The Morgan fingerprint density at radius 3 is 2.86 bits per heavy atom. The van der Waals surface area contributed by atoms with E-state index in [9.17, 15) is 4.79 Å². The molecule has 148 valence electrons. The van der Waals surface area contributed by atoms with Crippen molar-refractivity contribution in [1.29, 1.82) is 0 Å². The maximum atomic E-state index is 12.3. The molecule has 5 nitrogen and oxygen atoms in total. The van der Waals surface area contributed by atoms with Crippen LogP contribution in [0.3, 0.4) is 0 Å². The molecule has 2 heterocycles. The Bertz CT molecular complexity index is 1140. The van der Waals surface area contributed by atoms with E-state index < -0.39 is 0 Å². The molecule has 0 bridgehead atoms. The van der Waals surface area contributed by atoms with Gasteiger partial charge in [-0.05, 0) is 54.3 Å². The van der Waals surface area contributed by atoms with E-state index >= 15 is 0 Å². The molecule has 0 fully saturated rings. The van der Waals surface area contributed by atoms with Crippen molar-refractivity contribution in [3.8, 4) is 5.75 Å². The van der Waals surface area contributed by atoms with Gasteiger partial charge in [-0.1, -0.05) is 29.8 Å². The molecule has 7 heteroatoms. The second kappa shape index (κ2) is 8.68. The van der Waals surface area contributed by atoms with Crippen molar-refractivity contribution in [3.63, 3.8) is 0 Å². The van der Waals surface area contributed by atoms with Gasteiger partial charge in [-0.2, -0.15) is 0 Å². The van der Waals surface area contributed by atoms with Gasteiger partial charge in [-0.3, -0.25) is 4.79 Å². The molecule has 0 saturated heterocycles. The molecular formula is C22H20ClN3O2S. The maximum absolute atomic E-state index is 12.3. The van der Waals surface area contributed by atoms with Gasteiger partial charge in [0.2, 0.25) is 0 Å². The first-order chi connectivity index (χ1) is 14.1. The smallest absolute Gasteiger partial charge is 0.261 e. The van der Waals surface area contributed by atoms with Crippen LogP contribution >= 0.6 is 22.9 Å². The number of ether oxygens (including phenoxy) is 1. The van der Waals surface area contributed by atoms with E-state index in [1.54, 1.807) is 0 Å². The van der Waals surface area contributed by atoms with Crippen LogP contribution in [0.4, 0.5) is 0 Å².